The predicted octanol–water partition coefficient (Wildman–Crippen LogP) is -0.308. The third kappa shape index (κ3) is 4.51. The van der Waals surface area contributed by atoms with Gasteiger partial charge in [-0.05, 0) is 17.9 Å². The minimum atomic E-state index is -1.23. The molecule has 0 saturated carbocycles. The summed E-state index contributed by atoms with van der Waals surface area (Å²) in [6.45, 7) is 0.222. The molecule has 18 heteroatoms. The highest BCUT2D eigenvalue weighted by atomic mass is 32.2. The Balaban J connectivity index is 1.31. The summed E-state index contributed by atoms with van der Waals surface area (Å²) < 4.78 is 3.95. The van der Waals surface area contributed by atoms with Crippen molar-refractivity contribution in [3.8, 4) is 0 Å². The average molecular weight is 565 g/mol. The van der Waals surface area contributed by atoms with Crippen LogP contribution in [0.5, 0.6) is 0 Å². The maximum atomic E-state index is 13.0. The Hall–Kier alpha value is -3.64. The molecular weight excluding hydrogens is 544 g/mol. The molecule has 0 spiro atoms. The zero-order chi connectivity index (χ0) is 26.3. The van der Waals surface area contributed by atoms with E-state index in [0.717, 1.165) is 22.4 Å². The van der Waals surface area contributed by atoms with Crippen LogP contribution in [0.15, 0.2) is 38.5 Å². The van der Waals surface area contributed by atoms with E-state index in [-0.39, 0.29) is 28.9 Å². The summed E-state index contributed by atoms with van der Waals surface area (Å²) in [7, 11) is 1.25. The van der Waals surface area contributed by atoms with Gasteiger partial charge in [0.05, 0.1) is 5.04 Å². The number of allylic oxidation sites excluding steroid dienone is 1. The lowest BCUT2D eigenvalue weighted by atomic mass is 10.0. The molecule has 2 atom stereocenters. The minimum absolute atomic E-state index is 0.0393. The van der Waals surface area contributed by atoms with E-state index in [9.17, 15) is 19.5 Å². The van der Waals surface area contributed by atoms with Crippen LogP contribution in [0.1, 0.15) is 12.2 Å². The monoisotopic (exact) mass is 564 g/mol. The van der Waals surface area contributed by atoms with Gasteiger partial charge in [0.2, 0.25) is 11.5 Å². The van der Waals surface area contributed by atoms with Gasteiger partial charge in [0.25, 0.3) is 11.8 Å². The van der Waals surface area contributed by atoms with Crippen molar-refractivity contribution >= 4 is 75.1 Å². The number of thioether (sulfide) groups is 2. The number of nitrogen functional groups attached to an aromatic ring is 1. The summed E-state index contributed by atoms with van der Waals surface area (Å²) in [4.78, 5) is 49.8. The Bertz CT molecular complexity index is 1320. The number of anilines is 1. The summed E-state index contributed by atoms with van der Waals surface area (Å²) in [5.74, 6) is -1.50. The van der Waals surface area contributed by atoms with Crippen LogP contribution in [0.4, 0.5) is 5.13 Å². The zero-order valence-electron chi connectivity index (χ0n) is 19.4. The van der Waals surface area contributed by atoms with Crippen LogP contribution in [0.25, 0.3) is 0 Å². The number of carboxylic acids is 1. The largest absolute Gasteiger partial charge is 0.477 e. The van der Waals surface area contributed by atoms with Crippen LogP contribution < -0.4 is 11.1 Å². The van der Waals surface area contributed by atoms with Crippen molar-refractivity contribution in [1.82, 2.24) is 29.6 Å². The topological polar surface area (TPSA) is 191 Å². The first-order valence-electron chi connectivity index (χ1n) is 10.7. The van der Waals surface area contributed by atoms with Gasteiger partial charge >= 0.3 is 5.97 Å². The number of carbonyl (C=O) groups is 3. The summed E-state index contributed by atoms with van der Waals surface area (Å²) in [5.41, 5.74) is 5.79. The highest BCUT2D eigenvalue weighted by Gasteiger charge is 2.54. The number of nitrogens with two attached hydrogens (primary N) is 1. The van der Waals surface area contributed by atoms with Crippen molar-refractivity contribution in [2.75, 3.05) is 31.4 Å². The first-order chi connectivity index (χ1) is 17.8. The molecule has 1 aromatic heterocycles. The number of oxime groups is 1. The second kappa shape index (κ2) is 10.0. The maximum absolute atomic E-state index is 13.0. The van der Waals surface area contributed by atoms with E-state index < -0.39 is 29.2 Å². The summed E-state index contributed by atoms with van der Waals surface area (Å²) in [6, 6.07) is -0.962. The first-order valence-corrected chi connectivity index (χ1v) is 13.7. The Morgan fingerprint density at radius 1 is 1.43 bits per heavy atom. The normalized spacial score (nSPS) is 22.8. The molecule has 0 radical (unpaired) electrons. The molecule has 194 valence electrons. The second-order valence-corrected chi connectivity index (χ2v) is 10.6. The number of aliphatic carboxylic acids is 1. The second-order valence-electron chi connectivity index (χ2n) is 7.81. The fourth-order valence-electron chi connectivity index (χ4n) is 4.02. The number of nitrogens with one attached hydrogen (secondary N) is 1. The Morgan fingerprint density at radius 3 is 2.92 bits per heavy atom. The summed E-state index contributed by atoms with van der Waals surface area (Å²) >= 11 is 3.76. The van der Waals surface area contributed by atoms with E-state index in [2.05, 4.69) is 30.0 Å². The Kier molecular flexibility index (Phi) is 6.78. The number of hydrogen-bond acceptors (Lipinski definition) is 15. The zero-order valence-corrected chi connectivity index (χ0v) is 21.8. The fraction of sp³-hybridized carbons (Fsp3) is 0.368. The molecule has 1 unspecified atom stereocenters. The number of β-lactam (4-membered cyclic amide) rings is 1. The van der Waals surface area contributed by atoms with Crippen LogP contribution in [-0.4, -0.2) is 101 Å². The molecule has 0 aromatic carbocycles. The third-order valence-corrected chi connectivity index (χ3v) is 8.25. The molecule has 2 amide bonds. The number of carboxylic acid groups (broad SMARTS) is 1. The average Bonchev–Trinajstić information content (AvgIpc) is 3.50. The van der Waals surface area contributed by atoms with Crippen molar-refractivity contribution in [2.45, 2.75) is 17.8 Å². The molecule has 1 fully saturated rings. The number of carbonyl (C=O) groups excluding carboxylic acids is 2. The van der Waals surface area contributed by atoms with Gasteiger partial charge in [-0.3, -0.25) is 14.5 Å². The van der Waals surface area contributed by atoms with Gasteiger partial charge in [-0.15, -0.1) is 38.8 Å². The van der Waals surface area contributed by atoms with E-state index in [1.54, 1.807) is 11.2 Å². The fourth-order valence-corrected chi connectivity index (χ4v) is 6.20. The molecule has 0 bridgehead atoms. The van der Waals surface area contributed by atoms with Gasteiger partial charge in [0, 0.05) is 30.3 Å². The summed E-state index contributed by atoms with van der Waals surface area (Å²) in [6.07, 6.45) is 6.14. The molecule has 4 aliphatic heterocycles. The van der Waals surface area contributed by atoms with Crippen LogP contribution in [0.3, 0.4) is 0 Å². The lowest BCUT2D eigenvalue weighted by Gasteiger charge is -2.49. The molecule has 1 saturated heterocycles. The van der Waals surface area contributed by atoms with E-state index in [0.29, 0.717) is 17.7 Å². The van der Waals surface area contributed by atoms with Crippen LogP contribution in [0, 0.1) is 0 Å². The SMILES string of the molecule is CON=C(C(=O)NC1C(=O)N2C(C(=O)O)=C(CN3C=NN4N=C(SC)CC=C34)CS[C@@H]12)c1nsc(N)n1. The standard InChI is InChI=1S/C19H20N10O5S3/c1-34-25-11(14-23-19(20)37-26-14)15(30)22-12-16(31)28-13(18(32)33)8(6-36-17(12)28)5-27-7-21-29-10(27)4-3-9(24-29)35-2/h4,7,12,17H,3,5-6H2,1-2H3,(H,22,30)(H,32,33)(H2,20,23,26)/t12?,17-/m0/s1. The van der Waals surface area contributed by atoms with Crippen molar-refractivity contribution < 1.29 is 24.3 Å². The number of fused-ring (bicyclic) bond motifs is 2. The van der Waals surface area contributed by atoms with Gasteiger partial charge in [-0.25, -0.2) is 4.79 Å². The smallest absolute Gasteiger partial charge is 0.352 e. The highest BCUT2D eigenvalue weighted by molar-refractivity contribution is 8.13. The molecule has 0 aliphatic carbocycles. The number of hydrazone groups is 2. The number of nitrogens with zero attached hydrogens (tertiary/aromatic N) is 8. The van der Waals surface area contributed by atoms with E-state index in [1.165, 1.54) is 40.7 Å². The molecule has 37 heavy (non-hydrogen) atoms. The van der Waals surface area contributed by atoms with Gasteiger partial charge in [0.15, 0.2) is 11.0 Å². The van der Waals surface area contributed by atoms with E-state index in [4.69, 9.17) is 10.6 Å². The molecule has 5 rings (SSSR count). The number of hydrogen-bond donors (Lipinski definition) is 3. The van der Waals surface area contributed by atoms with Gasteiger partial charge < -0.3 is 25.9 Å². The third-order valence-electron chi connectivity index (χ3n) is 5.65. The summed E-state index contributed by atoms with van der Waals surface area (Å²) in [5, 5.41) is 26.9. The van der Waals surface area contributed by atoms with E-state index >= 15 is 0 Å². The van der Waals surface area contributed by atoms with Crippen LogP contribution in [-0.2, 0) is 19.2 Å². The molecule has 15 nitrogen and oxygen atoms in total. The highest BCUT2D eigenvalue weighted by Crippen LogP contribution is 2.41. The quantitative estimate of drug-likeness (QED) is 0.223. The molecule has 5 heterocycles. The van der Waals surface area contributed by atoms with Crippen molar-refractivity contribution in [3.63, 3.8) is 0 Å². The maximum Gasteiger partial charge on any atom is 0.352 e. The Labute approximate surface area is 222 Å². The lowest BCUT2D eigenvalue weighted by Crippen LogP contribution is -2.71. The minimum Gasteiger partial charge on any atom is -0.477 e. The van der Waals surface area contributed by atoms with Gasteiger partial charge in [-0.1, -0.05) is 5.16 Å². The van der Waals surface area contributed by atoms with Gasteiger partial charge in [0.1, 0.15) is 30.6 Å². The molecule has 4 aliphatic rings. The lowest BCUT2D eigenvalue weighted by molar-refractivity contribution is -0.150. The van der Waals surface area contributed by atoms with Crippen molar-refractivity contribution in [3.05, 3.63) is 29.0 Å². The molecular formula is C19H20N10O5S3. The molecule has 4 N–H and O–H groups in total. The van der Waals surface area contributed by atoms with E-state index in [1.807, 2.05) is 12.3 Å². The van der Waals surface area contributed by atoms with Crippen molar-refractivity contribution in [2.24, 2.45) is 15.4 Å². The number of rotatable bonds is 7. The van der Waals surface area contributed by atoms with Crippen LogP contribution >= 0.6 is 35.1 Å². The predicted molar refractivity (Wildman–Crippen MR) is 138 cm³/mol. The van der Waals surface area contributed by atoms with Crippen LogP contribution in [0.2, 0.25) is 0 Å². The van der Waals surface area contributed by atoms with Gasteiger partial charge in [-0.2, -0.15) is 9.36 Å². The number of aromatic nitrogens is 2. The first kappa shape index (κ1) is 25.0. The van der Waals surface area contributed by atoms with Crippen molar-refractivity contribution in [1.29, 1.82) is 0 Å². The number of amides is 2. The Morgan fingerprint density at radius 2 is 2.24 bits per heavy atom. The molecule has 1 aromatic rings.